The number of carbonyl (C=O) groups excluding carboxylic acids is 2. The second-order valence-corrected chi connectivity index (χ2v) is 5.16. The molecule has 0 atom stereocenters. The summed E-state index contributed by atoms with van der Waals surface area (Å²) in [5.74, 6) is -0.198. The largest absolute Gasteiger partial charge is 0.343 e. The summed E-state index contributed by atoms with van der Waals surface area (Å²) in [6.07, 6.45) is 2.13. The molecule has 19 heavy (non-hydrogen) atoms. The minimum Gasteiger partial charge on any atom is -0.343 e. The number of carbonyl (C=O) groups is 2. The van der Waals surface area contributed by atoms with E-state index < -0.39 is 0 Å². The maximum absolute atomic E-state index is 11.9. The van der Waals surface area contributed by atoms with Gasteiger partial charge in [0, 0.05) is 24.0 Å². The van der Waals surface area contributed by atoms with Crippen molar-refractivity contribution in [3.8, 4) is 0 Å². The highest BCUT2D eigenvalue weighted by Gasteiger charge is 2.18. The smallest absolute Gasteiger partial charge is 0.251 e. The summed E-state index contributed by atoms with van der Waals surface area (Å²) in [4.78, 5) is 25.5. The van der Waals surface area contributed by atoms with E-state index in [4.69, 9.17) is 0 Å². The molecule has 1 N–H and O–H groups in total. The van der Waals surface area contributed by atoms with Gasteiger partial charge in [0.15, 0.2) is 0 Å². The van der Waals surface area contributed by atoms with E-state index in [1.807, 2.05) is 12.1 Å². The Kier molecular flexibility index (Phi) is 4.96. The van der Waals surface area contributed by atoms with Crippen molar-refractivity contribution in [1.82, 2.24) is 10.2 Å². The van der Waals surface area contributed by atoms with Crippen molar-refractivity contribution in [2.45, 2.75) is 18.2 Å². The minimum atomic E-state index is -0.200. The topological polar surface area (TPSA) is 49.4 Å². The first kappa shape index (κ1) is 14.1. The van der Waals surface area contributed by atoms with Crippen LogP contribution in [0.2, 0.25) is 0 Å². The molecule has 0 spiro atoms. The molecule has 1 heterocycles. The molecule has 0 unspecified atom stereocenters. The van der Waals surface area contributed by atoms with E-state index in [-0.39, 0.29) is 18.4 Å². The Morgan fingerprint density at radius 1 is 1.16 bits per heavy atom. The normalized spacial score (nSPS) is 14.5. The van der Waals surface area contributed by atoms with E-state index in [0.29, 0.717) is 5.56 Å². The molecule has 0 radical (unpaired) electrons. The van der Waals surface area contributed by atoms with E-state index >= 15 is 0 Å². The van der Waals surface area contributed by atoms with Gasteiger partial charge in [0.1, 0.15) is 0 Å². The maximum atomic E-state index is 11.9. The van der Waals surface area contributed by atoms with E-state index in [0.717, 1.165) is 36.8 Å². The zero-order valence-corrected chi connectivity index (χ0v) is 12.3. The standard InChI is InChI=1S/C14H17BrN2O2/c15-9-11-3-5-12(6-4-11)14(19)16-10-13(18)17-7-1-2-8-17/h3-6H,1-2,7-10H2,(H,16,19). The van der Waals surface area contributed by atoms with Gasteiger partial charge in [-0.3, -0.25) is 9.59 Å². The molecular weight excluding hydrogens is 308 g/mol. The lowest BCUT2D eigenvalue weighted by Crippen LogP contribution is -2.38. The van der Waals surface area contributed by atoms with Crippen LogP contribution in [-0.4, -0.2) is 36.3 Å². The highest BCUT2D eigenvalue weighted by atomic mass is 79.9. The third kappa shape index (κ3) is 3.80. The average molecular weight is 325 g/mol. The predicted molar refractivity (Wildman–Crippen MR) is 77.2 cm³/mol. The molecule has 0 saturated carbocycles. The molecule has 1 aliphatic heterocycles. The van der Waals surface area contributed by atoms with Crippen LogP contribution in [0.3, 0.4) is 0 Å². The first-order chi connectivity index (χ1) is 9.20. The van der Waals surface area contributed by atoms with Crippen molar-refractivity contribution in [3.63, 3.8) is 0 Å². The van der Waals surface area contributed by atoms with Crippen LogP contribution in [0.1, 0.15) is 28.8 Å². The fraction of sp³-hybridized carbons (Fsp3) is 0.429. The van der Waals surface area contributed by atoms with Crippen LogP contribution in [0.15, 0.2) is 24.3 Å². The van der Waals surface area contributed by atoms with Gasteiger partial charge in [-0.25, -0.2) is 0 Å². The van der Waals surface area contributed by atoms with Gasteiger partial charge >= 0.3 is 0 Å². The van der Waals surface area contributed by atoms with Crippen LogP contribution in [0.25, 0.3) is 0 Å². The predicted octanol–water partition coefficient (Wildman–Crippen LogP) is 1.93. The van der Waals surface area contributed by atoms with Gasteiger partial charge < -0.3 is 10.2 Å². The zero-order chi connectivity index (χ0) is 13.7. The van der Waals surface area contributed by atoms with E-state index in [9.17, 15) is 9.59 Å². The van der Waals surface area contributed by atoms with Crippen molar-refractivity contribution in [3.05, 3.63) is 35.4 Å². The Bertz CT molecular complexity index is 453. The quantitative estimate of drug-likeness (QED) is 0.860. The fourth-order valence-electron chi connectivity index (χ4n) is 2.08. The van der Waals surface area contributed by atoms with Crippen LogP contribution in [-0.2, 0) is 10.1 Å². The Labute approximate surface area is 121 Å². The summed E-state index contributed by atoms with van der Waals surface area (Å²) in [7, 11) is 0. The molecule has 1 aromatic rings. The lowest BCUT2D eigenvalue weighted by atomic mass is 10.1. The molecule has 102 valence electrons. The molecule has 5 heteroatoms. The summed E-state index contributed by atoms with van der Waals surface area (Å²) in [5.41, 5.74) is 1.70. The average Bonchev–Trinajstić information content (AvgIpc) is 2.98. The Morgan fingerprint density at radius 2 is 1.79 bits per heavy atom. The van der Waals surface area contributed by atoms with Gasteiger partial charge in [0.2, 0.25) is 5.91 Å². The molecule has 1 aliphatic rings. The van der Waals surface area contributed by atoms with Gasteiger partial charge in [-0.1, -0.05) is 28.1 Å². The SMILES string of the molecule is O=C(NCC(=O)N1CCCC1)c1ccc(CBr)cc1. The van der Waals surface area contributed by atoms with Crippen molar-refractivity contribution in [2.75, 3.05) is 19.6 Å². The molecule has 0 bridgehead atoms. The number of benzene rings is 1. The third-order valence-corrected chi connectivity index (χ3v) is 3.88. The summed E-state index contributed by atoms with van der Waals surface area (Å²) >= 11 is 3.36. The highest BCUT2D eigenvalue weighted by molar-refractivity contribution is 9.08. The fourth-order valence-corrected chi connectivity index (χ4v) is 2.46. The van der Waals surface area contributed by atoms with Crippen LogP contribution < -0.4 is 5.32 Å². The Balaban J connectivity index is 1.84. The van der Waals surface area contributed by atoms with Crippen LogP contribution >= 0.6 is 15.9 Å². The molecule has 2 amide bonds. The molecule has 4 nitrogen and oxygen atoms in total. The summed E-state index contributed by atoms with van der Waals surface area (Å²) in [5, 5.41) is 3.44. The summed E-state index contributed by atoms with van der Waals surface area (Å²) in [6, 6.07) is 7.33. The van der Waals surface area contributed by atoms with Crippen LogP contribution in [0.4, 0.5) is 0 Å². The van der Waals surface area contributed by atoms with Crippen LogP contribution in [0, 0.1) is 0 Å². The Hall–Kier alpha value is -1.36. The second-order valence-electron chi connectivity index (χ2n) is 4.60. The highest BCUT2D eigenvalue weighted by Crippen LogP contribution is 2.09. The zero-order valence-electron chi connectivity index (χ0n) is 10.7. The first-order valence-electron chi connectivity index (χ1n) is 6.41. The number of nitrogens with one attached hydrogen (secondary N) is 1. The summed E-state index contributed by atoms with van der Waals surface area (Å²) in [6.45, 7) is 1.71. The van der Waals surface area contributed by atoms with Gasteiger partial charge in [0.05, 0.1) is 6.54 Å². The lowest BCUT2D eigenvalue weighted by Gasteiger charge is -2.15. The van der Waals surface area contributed by atoms with Gasteiger partial charge in [-0.2, -0.15) is 0 Å². The molecular formula is C14H17BrN2O2. The molecule has 0 aromatic heterocycles. The number of likely N-dealkylation sites (tertiary alicyclic amines) is 1. The Morgan fingerprint density at radius 3 is 2.37 bits per heavy atom. The molecule has 2 rings (SSSR count). The number of alkyl halides is 1. The number of halogens is 1. The third-order valence-electron chi connectivity index (χ3n) is 3.23. The van der Waals surface area contributed by atoms with Crippen molar-refractivity contribution >= 4 is 27.7 Å². The molecule has 1 fully saturated rings. The van der Waals surface area contributed by atoms with Gasteiger partial charge in [-0.15, -0.1) is 0 Å². The van der Waals surface area contributed by atoms with Crippen molar-refractivity contribution < 1.29 is 9.59 Å². The number of nitrogens with zero attached hydrogens (tertiary/aromatic N) is 1. The molecule has 1 saturated heterocycles. The van der Waals surface area contributed by atoms with Gasteiger partial charge in [-0.05, 0) is 30.5 Å². The van der Waals surface area contributed by atoms with E-state index in [1.54, 1.807) is 17.0 Å². The first-order valence-corrected chi connectivity index (χ1v) is 7.54. The lowest BCUT2D eigenvalue weighted by molar-refractivity contribution is -0.129. The number of hydrogen-bond acceptors (Lipinski definition) is 2. The number of rotatable bonds is 4. The second kappa shape index (κ2) is 6.70. The minimum absolute atomic E-state index is 0.00271. The number of amides is 2. The molecule has 0 aliphatic carbocycles. The maximum Gasteiger partial charge on any atom is 0.251 e. The summed E-state index contributed by atoms with van der Waals surface area (Å²) < 4.78 is 0. The van der Waals surface area contributed by atoms with E-state index in [1.165, 1.54) is 0 Å². The van der Waals surface area contributed by atoms with Crippen LogP contribution in [0.5, 0.6) is 0 Å². The van der Waals surface area contributed by atoms with E-state index in [2.05, 4.69) is 21.2 Å². The monoisotopic (exact) mass is 324 g/mol. The molecule has 1 aromatic carbocycles. The van der Waals surface area contributed by atoms with Crippen molar-refractivity contribution in [2.24, 2.45) is 0 Å². The van der Waals surface area contributed by atoms with Crippen molar-refractivity contribution in [1.29, 1.82) is 0 Å². The van der Waals surface area contributed by atoms with Gasteiger partial charge in [0.25, 0.3) is 5.91 Å². The number of hydrogen-bond donors (Lipinski definition) is 1.